The molecule has 1 aromatic carbocycles. The molecular weight excluding hydrogens is 322 g/mol. The van der Waals surface area contributed by atoms with Crippen LogP contribution in [0, 0.1) is 0 Å². The number of carbonyl (C=O) groups is 1. The van der Waals surface area contributed by atoms with Crippen LogP contribution in [-0.4, -0.2) is 58.0 Å². The number of hydrogen-bond acceptors (Lipinski definition) is 6. The summed E-state index contributed by atoms with van der Waals surface area (Å²) in [6.07, 6.45) is 1.34. The fourth-order valence-electron chi connectivity index (χ4n) is 3.16. The number of carboxylic acids is 1. The van der Waals surface area contributed by atoms with Gasteiger partial charge in [-0.3, -0.25) is 0 Å². The van der Waals surface area contributed by atoms with E-state index in [1.807, 2.05) is 38.4 Å². The number of carboxylic acid groups (broad SMARTS) is 1. The number of nitrogen functional groups attached to an aromatic ring is 1. The Morgan fingerprint density at radius 3 is 2.76 bits per heavy atom. The van der Waals surface area contributed by atoms with E-state index in [1.165, 1.54) is 4.68 Å². The van der Waals surface area contributed by atoms with Crippen molar-refractivity contribution in [1.82, 2.24) is 19.7 Å². The fourth-order valence-corrected chi connectivity index (χ4v) is 3.16. The van der Waals surface area contributed by atoms with Gasteiger partial charge in [0.15, 0.2) is 6.04 Å². The summed E-state index contributed by atoms with van der Waals surface area (Å²) in [5.41, 5.74) is 6.59. The fraction of sp³-hybridized carbons (Fsp3) is 0.471. The van der Waals surface area contributed by atoms with E-state index in [-0.39, 0.29) is 11.9 Å². The molecule has 134 valence electrons. The molecule has 1 aliphatic heterocycles. The predicted octanol–water partition coefficient (Wildman–Crippen LogP) is 1.16. The van der Waals surface area contributed by atoms with Crippen LogP contribution in [0.1, 0.15) is 29.8 Å². The van der Waals surface area contributed by atoms with Gasteiger partial charge in [0.25, 0.3) is 0 Å². The van der Waals surface area contributed by atoms with Crippen molar-refractivity contribution in [1.29, 1.82) is 0 Å². The molecule has 8 nitrogen and oxygen atoms in total. The Morgan fingerprint density at radius 1 is 1.40 bits per heavy atom. The minimum atomic E-state index is -0.929. The van der Waals surface area contributed by atoms with Gasteiger partial charge in [0.05, 0.1) is 0 Å². The average molecular weight is 345 g/mol. The highest BCUT2D eigenvalue weighted by atomic mass is 16.5. The smallest absolute Gasteiger partial charge is 0.329 e. The summed E-state index contributed by atoms with van der Waals surface area (Å²) in [5.74, 6) is 0.416. The highest BCUT2D eigenvalue weighted by Crippen LogP contribution is 2.38. The molecule has 0 spiro atoms. The van der Waals surface area contributed by atoms with Gasteiger partial charge in [0.1, 0.15) is 18.2 Å². The van der Waals surface area contributed by atoms with Gasteiger partial charge in [-0.05, 0) is 38.2 Å². The number of anilines is 1. The average Bonchev–Trinajstić information content (AvgIpc) is 2.94. The summed E-state index contributed by atoms with van der Waals surface area (Å²) in [6, 6.07) is 6.83. The van der Waals surface area contributed by atoms with Crippen molar-refractivity contribution >= 4 is 11.9 Å². The summed E-state index contributed by atoms with van der Waals surface area (Å²) in [6.45, 7) is 1.44. The number of nitrogens with zero attached hydrogens (tertiary/aromatic N) is 4. The third kappa shape index (κ3) is 3.74. The van der Waals surface area contributed by atoms with Crippen molar-refractivity contribution in [2.24, 2.45) is 0 Å². The molecule has 1 aromatic heterocycles. The molecule has 0 saturated carbocycles. The zero-order chi connectivity index (χ0) is 18.0. The number of aliphatic carboxylic acids is 1. The topological polar surface area (TPSA) is 106 Å². The lowest BCUT2D eigenvalue weighted by Crippen LogP contribution is -2.32. The third-order valence-corrected chi connectivity index (χ3v) is 4.41. The van der Waals surface area contributed by atoms with Crippen LogP contribution in [-0.2, 0) is 11.2 Å². The standard InChI is InChI=1S/C17H23N5O3/c1-21(2)9-10-25-12-5-3-11(4-6-12)13-7-8-14-19-17(18)20-22(14)15(13)16(23)24/h3-6,13,15H,7-10H2,1-2H3,(H2,18,20)(H,23,24). The molecule has 2 unspecified atom stereocenters. The van der Waals surface area contributed by atoms with Crippen LogP contribution < -0.4 is 10.5 Å². The molecule has 0 radical (unpaired) electrons. The number of rotatable bonds is 6. The summed E-state index contributed by atoms with van der Waals surface area (Å²) < 4.78 is 7.14. The van der Waals surface area contributed by atoms with Crippen LogP contribution in [0.3, 0.4) is 0 Å². The van der Waals surface area contributed by atoms with E-state index in [0.29, 0.717) is 25.3 Å². The molecule has 0 saturated heterocycles. The van der Waals surface area contributed by atoms with Gasteiger partial charge in [0.2, 0.25) is 5.95 Å². The van der Waals surface area contributed by atoms with E-state index >= 15 is 0 Å². The monoisotopic (exact) mass is 345 g/mol. The summed E-state index contributed by atoms with van der Waals surface area (Å²) in [7, 11) is 3.99. The van der Waals surface area contributed by atoms with Gasteiger partial charge in [-0.15, -0.1) is 5.10 Å². The molecule has 2 atom stereocenters. The second-order valence-corrected chi connectivity index (χ2v) is 6.48. The first-order valence-corrected chi connectivity index (χ1v) is 8.27. The number of hydrogen-bond donors (Lipinski definition) is 2. The molecule has 2 heterocycles. The molecule has 0 fully saturated rings. The van der Waals surface area contributed by atoms with E-state index in [0.717, 1.165) is 17.9 Å². The minimum Gasteiger partial charge on any atom is -0.492 e. The third-order valence-electron chi connectivity index (χ3n) is 4.41. The first-order valence-electron chi connectivity index (χ1n) is 8.27. The van der Waals surface area contributed by atoms with Crippen LogP contribution in [0.25, 0.3) is 0 Å². The Balaban J connectivity index is 1.77. The van der Waals surface area contributed by atoms with Gasteiger partial charge >= 0.3 is 5.97 Å². The zero-order valence-electron chi connectivity index (χ0n) is 14.4. The molecule has 8 heteroatoms. The van der Waals surface area contributed by atoms with Gasteiger partial charge < -0.3 is 20.5 Å². The number of aryl methyl sites for hydroxylation is 1. The largest absolute Gasteiger partial charge is 0.492 e. The van der Waals surface area contributed by atoms with E-state index in [9.17, 15) is 9.90 Å². The molecule has 1 aliphatic rings. The van der Waals surface area contributed by atoms with E-state index in [4.69, 9.17) is 10.5 Å². The Morgan fingerprint density at radius 2 is 2.12 bits per heavy atom. The molecule has 3 N–H and O–H groups in total. The van der Waals surface area contributed by atoms with Gasteiger partial charge in [-0.1, -0.05) is 12.1 Å². The summed E-state index contributed by atoms with van der Waals surface area (Å²) >= 11 is 0. The van der Waals surface area contributed by atoms with E-state index in [2.05, 4.69) is 15.0 Å². The van der Waals surface area contributed by atoms with Crippen molar-refractivity contribution in [3.8, 4) is 5.75 Å². The Labute approximate surface area is 146 Å². The van der Waals surface area contributed by atoms with Gasteiger partial charge in [-0.25, -0.2) is 9.48 Å². The second kappa shape index (κ2) is 7.10. The molecule has 0 aliphatic carbocycles. The first-order chi connectivity index (χ1) is 12.0. The van der Waals surface area contributed by atoms with Crippen molar-refractivity contribution in [2.45, 2.75) is 24.8 Å². The normalized spacial score (nSPS) is 19.6. The quantitative estimate of drug-likeness (QED) is 0.809. The lowest BCUT2D eigenvalue weighted by molar-refractivity contribution is -0.142. The predicted molar refractivity (Wildman–Crippen MR) is 92.7 cm³/mol. The second-order valence-electron chi connectivity index (χ2n) is 6.48. The number of benzene rings is 1. The Kier molecular flexibility index (Phi) is 4.89. The number of fused-ring (bicyclic) bond motifs is 1. The van der Waals surface area contributed by atoms with Gasteiger partial charge in [-0.2, -0.15) is 4.98 Å². The Bertz CT molecular complexity index is 741. The summed E-state index contributed by atoms with van der Waals surface area (Å²) in [5, 5.41) is 13.8. The van der Waals surface area contributed by atoms with Crippen LogP contribution in [0.2, 0.25) is 0 Å². The maximum absolute atomic E-state index is 11.8. The molecule has 0 amide bonds. The SMILES string of the molecule is CN(C)CCOc1ccc(C2CCc3nc(N)nn3C2C(=O)O)cc1. The van der Waals surface area contributed by atoms with Gasteiger partial charge in [0, 0.05) is 18.9 Å². The molecule has 0 bridgehead atoms. The first kappa shape index (κ1) is 17.2. The van der Waals surface area contributed by atoms with E-state index < -0.39 is 12.0 Å². The van der Waals surface area contributed by atoms with Crippen LogP contribution >= 0.6 is 0 Å². The van der Waals surface area contributed by atoms with Crippen molar-refractivity contribution in [2.75, 3.05) is 33.0 Å². The number of ether oxygens (including phenoxy) is 1. The maximum atomic E-state index is 11.8. The van der Waals surface area contributed by atoms with Crippen LogP contribution in [0.4, 0.5) is 5.95 Å². The molecule has 3 rings (SSSR count). The lowest BCUT2D eigenvalue weighted by Gasteiger charge is -2.29. The Hall–Kier alpha value is -2.61. The lowest BCUT2D eigenvalue weighted by atomic mass is 9.85. The minimum absolute atomic E-state index is 0.117. The van der Waals surface area contributed by atoms with Crippen LogP contribution in [0.15, 0.2) is 24.3 Å². The highest BCUT2D eigenvalue weighted by Gasteiger charge is 2.37. The maximum Gasteiger partial charge on any atom is 0.329 e. The summed E-state index contributed by atoms with van der Waals surface area (Å²) in [4.78, 5) is 18.0. The van der Waals surface area contributed by atoms with E-state index in [1.54, 1.807) is 0 Å². The van der Waals surface area contributed by atoms with Crippen LogP contribution in [0.5, 0.6) is 5.75 Å². The molecule has 2 aromatic rings. The van der Waals surface area contributed by atoms with Crippen molar-refractivity contribution in [3.63, 3.8) is 0 Å². The molecule has 25 heavy (non-hydrogen) atoms. The van der Waals surface area contributed by atoms with Crippen molar-refractivity contribution < 1.29 is 14.6 Å². The number of aromatic nitrogens is 3. The zero-order valence-corrected chi connectivity index (χ0v) is 14.4. The highest BCUT2D eigenvalue weighted by molar-refractivity contribution is 5.73. The van der Waals surface area contributed by atoms with Crippen molar-refractivity contribution in [3.05, 3.63) is 35.7 Å². The molecular formula is C17H23N5O3. The number of nitrogens with two attached hydrogens (primary N) is 1. The number of likely N-dealkylation sites (N-methyl/N-ethyl adjacent to an activating group) is 1.